The van der Waals surface area contributed by atoms with Crippen LogP contribution in [0.5, 0.6) is 11.5 Å². The van der Waals surface area contributed by atoms with Gasteiger partial charge in [-0.1, -0.05) is 6.07 Å². The molecule has 0 amide bonds. The number of hydrogen-bond acceptors (Lipinski definition) is 7. The van der Waals surface area contributed by atoms with E-state index >= 15 is 0 Å². The lowest BCUT2D eigenvalue weighted by Gasteiger charge is -2.11. The quantitative estimate of drug-likeness (QED) is 0.388. The Bertz CT molecular complexity index is 814. The maximum absolute atomic E-state index is 12.4. The standard InChI is InChI=1S/C16H18ClNO5S2/c1-12-8-13(21-6-3-7-22-18)10-14(9-12)23-25(19,20)16-5-2-4-15(11-16)24-17/h2,4-5,8-11H,3,6-7,18H2,1H3. The maximum atomic E-state index is 12.4. The zero-order valence-corrected chi connectivity index (χ0v) is 15.9. The summed E-state index contributed by atoms with van der Waals surface area (Å²) < 4.78 is 35.7. The Morgan fingerprint density at radius 2 is 1.88 bits per heavy atom. The Kier molecular flexibility index (Phi) is 7.39. The van der Waals surface area contributed by atoms with Crippen molar-refractivity contribution < 1.29 is 22.2 Å². The Morgan fingerprint density at radius 1 is 1.12 bits per heavy atom. The summed E-state index contributed by atoms with van der Waals surface area (Å²) in [6.45, 7) is 2.58. The monoisotopic (exact) mass is 403 g/mol. The molecule has 25 heavy (non-hydrogen) atoms. The molecule has 0 aliphatic carbocycles. The van der Waals surface area contributed by atoms with Gasteiger partial charge in [0, 0.05) is 17.4 Å². The van der Waals surface area contributed by atoms with Crippen molar-refractivity contribution in [3.05, 3.63) is 48.0 Å². The number of aryl methyl sites for hydroxylation is 1. The van der Waals surface area contributed by atoms with E-state index in [0.717, 1.165) is 16.5 Å². The lowest BCUT2D eigenvalue weighted by Crippen LogP contribution is -2.10. The molecule has 2 aromatic rings. The molecule has 0 fully saturated rings. The van der Waals surface area contributed by atoms with Crippen molar-refractivity contribution in [1.29, 1.82) is 0 Å². The lowest BCUT2D eigenvalue weighted by atomic mass is 10.2. The number of ether oxygens (including phenoxy) is 1. The minimum Gasteiger partial charge on any atom is -0.493 e. The second-order valence-electron chi connectivity index (χ2n) is 5.14. The average molecular weight is 404 g/mol. The average Bonchev–Trinajstić information content (AvgIpc) is 2.58. The van der Waals surface area contributed by atoms with Crippen molar-refractivity contribution in [2.45, 2.75) is 23.1 Å². The van der Waals surface area contributed by atoms with E-state index in [4.69, 9.17) is 25.5 Å². The molecule has 0 saturated carbocycles. The topological polar surface area (TPSA) is 87.8 Å². The zero-order chi connectivity index (χ0) is 18.3. The molecule has 0 aliphatic heterocycles. The fourth-order valence-corrected chi connectivity index (χ4v) is 3.66. The predicted octanol–water partition coefficient (Wildman–Crippen LogP) is 3.67. The fourth-order valence-electron chi connectivity index (χ4n) is 2.03. The van der Waals surface area contributed by atoms with Crippen LogP contribution >= 0.6 is 21.7 Å². The molecule has 0 saturated heterocycles. The maximum Gasteiger partial charge on any atom is 0.339 e. The molecule has 2 aromatic carbocycles. The summed E-state index contributed by atoms with van der Waals surface area (Å²) in [5.41, 5.74) is 0.808. The summed E-state index contributed by atoms with van der Waals surface area (Å²) in [6.07, 6.45) is 0.613. The molecule has 2 rings (SSSR count). The fraction of sp³-hybridized carbons (Fsp3) is 0.250. The van der Waals surface area contributed by atoms with Gasteiger partial charge in [0.25, 0.3) is 0 Å². The van der Waals surface area contributed by atoms with E-state index in [1.807, 2.05) is 6.92 Å². The molecule has 0 unspecified atom stereocenters. The van der Waals surface area contributed by atoms with Crippen LogP contribution in [0.25, 0.3) is 0 Å². The van der Waals surface area contributed by atoms with Crippen LogP contribution in [0, 0.1) is 6.92 Å². The first-order chi connectivity index (χ1) is 11.9. The molecule has 0 spiro atoms. The second kappa shape index (κ2) is 9.30. The van der Waals surface area contributed by atoms with E-state index in [1.165, 1.54) is 18.2 Å². The number of benzene rings is 2. The summed E-state index contributed by atoms with van der Waals surface area (Å²) in [5, 5.41) is 0. The highest BCUT2D eigenvalue weighted by Gasteiger charge is 2.18. The Hall–Kier alpha value is -1.45. The first-order valence-corrected chi connectivity index (χ1v) is 10.4. The van der Waals surface area contributed by atoms with E-state index in [2.05, 4.69) is 4.84 Å². The summed E-state index contributed by atoms with van der Waals surface area (Å²) in [5.74, 6) is 5.63. The highest BCUT2D eigenvalue weighted by molar-refractivity contribution is 8.21. The molecule has 0 radical (unpaired) electrons. The molecule has 9 heteroatoms. The number of nitrogens with two attached hydrogens (primary N) is 1. The van der Waals surface area contributed by atoms with Crippen LogP contribution in [-0.4, -0.2) is 21.6 Å². The van der Waals surface area contributed by atoms with Crippen LogP contribution in [0.4, 0.5) is 0 Å². The van der Waals surface area contributed by atoms with Crippen molar-refractivity contribution in [2.75, 3.05) is 13.2 Å². The summed E-state index contributed by atoms with van der Waals surface area (Å²) in [7, 11) is 2.63. The molecule has 0 aliphatic rings. The number of rotatable bonds is 9. The van der Waals surface area contributed by atoms with E-state index in [1.54, 1.807) is 24.3 Å². The summed E-state index contributed by atoms with van der Waals surface area (Å²) in [6, 6.07) is 11.1. The third kappa shape index (κ3) is 6.09. The Balaban J connectivity index is 2.16. The molecule has 0 aromatic heterocycles. The predicted molar refractivity (Wildman–Crippen MR) is 97.4 cm³/mol. The van der Waals surface area contributed by atoms with Crippen molar-refractivity contribution in [3.63, 3.8) is 0 Å². The van der Waals surface area contributed by atoms with Gasteiger partial charge in [0.1, 0.15) is 16.4 Å². The van der Waals surface area contributed by atoms with E-state index in [0.29, 0.717) is 30.3 Å². The molecular formula is C16H18ClNO5S2. The van der Waals surface area contributed by atoms with E-state index in [-0.39, 0.29) is 10.6 Å². The summed E-state index contributed by atoms with van der Waals surface area (Å²) in [4.78, 5) is 5.11. The largest absolute Gasteiger partial charge is 0.493 e. The lowest BCUT2D eigenvalue weighted by molar-refractivity contribution is 0.122. The van der Waals surface area contributed by atoms with Crippen molar-refractivity contribution >= 4 is 31.8 Å². The van der Waals surface area contributed by atoms with Gasteiger partial charge in [0.2, 0.25) is 0 Å². The van der Waals surface area contributed by atoms with Gasteiger partial charge >= 0.3 is 10.1 Å². The third-order valence-electron chi connectivity index (χ3n) is 3.09. The molecule has 0 heterocycles. The smallest absolute Gasteiger partial charge is 0.339 e. The van der Waals surface area contributed by atoms with Crippen LogP contribution < -0.4 is 14.8 Å². The van der Waals surface area contributed by atoms with Gasteiger partial charge in [-0.25, -0.2) is 5.90 Å². The van der Waals surface area contributed by atoms with Crippen molar-refractivity contribution in [1.82, 2.24) is 0 Å². The van der Waals surface area contributed by atoms with Gasteiger partial charge in [0.05, 0.1) is 13.2 Å². The molecule has 6 nitrogen and oxygen atoms in total. The van der Waals surface area contributed by atoms with Gasteiger partial charge in [-0.2, -0.15) is 8.42 Å². The molecule has 2 N–H and O–H groups in total. The third-order valence-corrected chi connectivity index (χ3v) is 5.30. The van der Waals surface area contributed by atoms with Gasteiger partial charge in [-0.3, -0.25) is 0 Å². The van der Waals surface area contributed by atoms with E-state index in [9.17, 15) is 8.42 Å². The van der Waals surface area contributed by atoms with E-state index < -0.39 is 10.1 Å². The molecule has 0 atom stereocenters. The number of halogens is 1. The van der Waals surface area contributed by atoms with Crippen molar-refractivity contribution in [3.8, 4) is 11.5 Å². The van der Waals surface area contributed by atoms with Crippen LogP contribution in [0.15, 0.2) is 52.3 Å². The van der Waals surface area contributed by atoms with Gasteiger partial charge < -0.3 is 13.8 Å². The van der Waals surface area contributed by atoms with Crippen LogP contribution in [-0.2, 0) is 15.0 Å². The minimum atomic E-state index is -3.97. The highest BCUT2D eigenvalue weighted by atomic mass is 35.7. The van der Waals surface area contributed by atoms with Gasteiger partial charge in [-0.15, -0.1) is 0 Å². The first-order valence-electron chi connectivity index (χ1n) is 7.34. The molecular weight excluding hydrogens is 386 g/mol. The molecule has 0 bridgehead atoms. The second-order valence-corrected chi connectivity index (χ2v) is 7.78. The van der Waals surface area contributed by atoms with Gasteiger partial charge in [0.15, 0.2) is 0 Å². The highest BCUT2D eigenvalue weighted by Crippen LogP contribution is 2.28. The van der Waals surface area contributed by atoms with Crippen LogP contribution in [0.3, 0.4) is 0 Å². The molecule has 136 valence electrons. The Labute approximate surface area is 155 Å². The first kappa shape index (κ1) is 19.9. The van der Waals surface area contributed by atoms with Crippen LogP contribution in [0.1, 0.15) is 12.0 Å². The van der Waals surface area contributed by atoms with Gasteiger partial charge in [-0.05, 0) is 64.5 Å². The normalized spacial score (nSPS) is 11.3. The summed E-state index contributed by atoms with van der Waals surface area (Å²) >= 11 is 0. The number of hydrogen-bond donors (Lipinski definition) is 1. The van der Waals surface area contributed by atoms with Crippen LogP contribution in [0.2, 0.25) is 0 Å². The van der Waals surface area contributed by atoms with Crippen molar-refractivity contribution in [2.24, 2.45) is 5.90 Å². The minimum absolute atomic E-state index is 0.0298. The zero-order valence-electron chi connectivity index (χ0n) is 13.5. The Morgan fingerprint density at radius 3 is 2.60 bits per heavy atom. The SMILES string of the molecule is Cc1cc(OCCCON)cc(OS(=O)(=O)c2cccc(SCl)c2)c1.